The van der Waals surface area contributed by atoms with E-state index >= 15 is 0 Å². The monoisotopic (exact) mass is 271 g/mol. The molecule has 2 amide bonds. The van der Waals surface area contributed by atoms with Crippen molar-refractivity contribution in [1.29, 1.82) is 0 Å². The number of aromatic nitrogens is 1. The van der Waals surface area contributed by atoms with Gasteiger partial charge in [-0.3, -0.25) is 9.59 Å². The Labute approximate surface area is 117 Å². The van der Waals surface area contributed by atoms with E-state index in [1.807, 2.05) is 30.5 Å². The number of H-pyrrole nitrogens is 1. The number of carbonyl (C=O) groups excluding carboxylic acids is 2. The number of benzene rings is 1. The van der Waals surface area contributed by atoms with Crippen molar-refractivity contribution in [3.8, 4) is 0 Å². The minimum Gasteiger partial charge on any atom is -0.361 e. The van der Waals surface area contributed by atoms with Crippen LogP contribution in [-0.2, 0) is 4.79 Å². The summed E-state index contributed by atoms with van der Waals surface area (Å²) >= 11 is 0. The molecule has 104 valence electrons. The maximum atomic E-state index is 12.7. The van der Waals surface area contributed by atoms with Gasteiger partial charge in [-0.15, -0.1) is 0 Å². The van der Waals surface area contributed by atoms with Gasteiger partial charge in [0, 0.05) is 42.8 Å². The number of carbonyl (C=O) groups is 2. The van der Waals surface area contributed by atoms with Gasteiger partial charge < -0.3 is 14.8 Å². The third-order valence-electron chi connectivity index (χ3n) is 3.79. The van der Waals surface area contributed by atoms with Crippen LogP contribution in [0.1, 0.15) is 16.8 Å². The van der Waals surface area contributed by atoms with Crippen LogP contribution in [-0.4, -0.2) is 53.3 Å². The van der Waals surface area contributed by atoms with E-state index in [2.05, 4.69) is 4.98 Å². The molecule has 0 atom stereocenters. The summed E-state index contributed by atoms with van der Waals surface area (Å²) in [6.07, 6.45) is 2.64. The second-order valence-electron chi connectivity index (χ2n) is 5.14. The van der Waals surface area contributed by atoms with E-state index in [1.54, 1.807) is 16.8 Å². The number of nitrogens with one attached hydrogen (secondary N) is 1. The zero-order valence-electron chi connectivity index (χ0n) is 11.4. The highest BCUT2D eigenvalue weighted by Gasteiger charge is 2.24. The Hall–Kier alpha value is -2.30. The number of aromatic amines is 1. The van der Waals surface area contributed by atoms with Crippen molar-refractivity contribution in [2.45, 2.75) is 6.42 Å². The maximum Gasteiger partial charge on any atom is 0.255 e. The lowest BCUT2D eigenvalue weighted by atomic mass is 10.1. The molecule has 1 aliphatic rings. The lowest BCUT2D eigenvalue weighted by Gasteiger charge is -2.20. The summed E-state index contributed by atoms with van der Waals surface area (Å²) in [6.45, 7) is 1.49. The number of fused-ring (bicyclic) bond motifs is 1. The second kappa shape index (κ2) is 5.00. The first-order chi connectivity index (χ1) is 9.66. The second-order valence-corrected chi connectivity index (χ2v) is 5.14. The fourth-order valence-electron chi connectivity index (χ4n) is 2.60. The highest BCUT2D eigenvalue weighted by atomic mass is 16.2. The molecule has 1 aromatic heterocycles. The van der Waals surface area contributed by atoms with Crippen LogP contribution >= 0.6 is 0 Å². The van der Waals surface area contributed by atoms with Gasteiger partial charge in [0.2, 0.25) is 5.91 Å². The van der Waals surface area contributed by atoms with Crippen LogP contribution in [0.2, 0.25) is 0 Å². The first kappa shape index (κ1) is 12.7. The van der Waals surface area contributed by atoms with Gasteiger partial charge in [-0.1, -0.05) is 6.07 Å². The first-order valence-corrected chi connectivity index (χ1v) is 6.76. The molecule has 0 spiro atoms. The molecule has 1 aromatic carbocycles. The van der Waals surface area contributed by atoms with E-state index in [0.717, 1.165) is 17.3 Å². The molecular weight excluding hydrogens is 254 g/mol. The molecule has 1 N–H and O–H groups in total. The number of amides is 2. The first-order valence-electron chi connectivity index (χ1n) is 6.76. The highest BCUT2D eigenvalue weighted by Crippen LogP contribution is 2.19. The minimum absolute atomic E-state index is 0.00269. The van der Waals surface area contributed by atoms with Crippen molar-refractivity contribution in [1.82, 2.24) is 14.8 Å². The molecule has 1 fully saturated rings. The molecule has 0 aliphatic carbocycles. The summed E-state index contributed by atoms with van der Waals surface area (Å²) in [5, 5.41) is 0.905. The third kappa shape index (κ3) is 2.15. The predicted molar refractivity (Wildman–Crippen MR) is 76.5 cm³/mol. The Morgan fingerprint density at radius 3 is 2.95 bits per heavy atom. The number of nitrogens with zero attached hydrogens (tertiary/aromatic N) is 2. The molecule has 3 rings (SSSR count). The zero-order valence-corrected chi connectivity index (χ0v) is 11.4. The van der Waals surface area contributed by atoms with Crippen LogP contribution in [0.5, 0.6) is 0 Å². The number of rotatable bonds is 1. The Balaban J connectivity index is 1.92. The Morgan fingerprint density at radius 2 is 2.10 bits per heavy atom. The summed E-state index contributed by atoms with van der Waals surface area (Å²) in [4.78, 5) is 31.0. The molecule has 1 saturated heterocycles. The molecule has 0 unspecified atom stereocenters. The van der Waals surface area contributed by atoms with Crippen molar-refractivity contribution >= 4 is 22.7 Å². The van der Waals surface area contributed by atoms with E-state index < -0.39 is 0 Å². The largest absolute Gasteiger partial charge is 0.361 e. The average Bonchev–Trinajstić information content (AvgIpc) is 2.86. The van der Waals surface area contributed by atoms with Crippen LogP contribution in [0.25, 0.3) is 10.9 Å². The molecule has 2 aromatic rings. The van der Waals surface area contributed by atoms with E-state index in [1.165, 1.54) is 0 Å². The molecule has 5 heteroatoms. The van der Waals surface area contributed by atoms with Crippen LogP contribution in [0, 0.1) is 0 Å². The Morgan fingerprint density at radius 1 is 1.25 bits per heavy atom. The van der Waals surface area contributed by atoms with Crippen LogP contribution in [0.4, 0.5) is 0 Å². The number of hydrogen-bond acceptors (Lipinski definition) is 2. The SMILES string of the molecule is CN1CCCN(C(=O)c2cccc3[nH]ccc23)CC1=O. The topological polar surface area (TPSA) is 56.4 Å². The summed E-state index contributed by atoms with van der Waals surface area (Å²) in [7, 11) is 1.78. The molecule has 5 nitrogen and oxygen atoms in total. The van der Waals surface area contributed by atoms with Crippen molar-refractivity contribution < 1.29 is 9.59 Å². The summed E-state index contributed by atoms with van der Waals surface area (Å²) < 4.78 is 0. The minimum atomic E-state index is -0.0705. The Bertz CT molecular complexity index is 662. The summed E-state index contributed by atoms with van der Waals surface area (Å²) in [6, 6.07) is 7.51. The van der Waals surface area contributed by atoms with Gasteiger partial charge in [0.15, 0.2) is 0 Å². The van der Waals surface area contributed by atoms with Gasteiger partial charge in [0.25, 0.3) is 5.91 Å². The van der Waals surface area contributed by atoms with Crippen molar-refractivity contribution in [2.75, 3.05) is 26.7 Å². The Kier molecular flexibility index (Phi) is 3.18. The molecule has 1 aliphatic heterocycles. The molecule has 2 heterocycles. The third-order valence-corrected chi connectivity index (χ3v) is 3.79. The van der Waals surface area contributed by atoms with E-state index in [0.29, 0.717) is 18.7 Å². The van der Waals surface area contributed by atoms with E-state index in [-0.39, 0.29) is 18.4 Å². The van der Waals surface area contributed by atoms with Gasteiger partial charge in [-0.05, 0) is 24.6 Å². The zero-order chi connectivity index (χ0) is 14.1. The van der Waals surface area contributed by atoms with Crippen LogP contribution in [0.15, 0.2) is 30.5 Å². The van der Waals surface area contributed by atoms with Crippen molar-refractivity contribution in [2.24, 2.45) is 0 Å². The lowest BCUT2D eigenvalue weighted by Crippen LogP contribution is -2.38. The van der Waals surface area contributed by atoms with E-state index in [9.17, 15) is 9.59 Å². The average molecular weight is 271 g/mol. The van der Waals surface area contributed by atoms with Crippen molar-refractivity contribution in [3.63, 3.8) is 0 Å². The molecule has 0 saturated carbocycles. The van der Waals surface area contributed by atoms with Gasteiger partial charge in [0.1, 0.15) is 6.54 Å². The molecular formula is C15H17N3O2. The van der Waals surface area contributed by atoms with E-state index in [4.69, 9.17) is 0 Å². The van der Waals surface area contributed by atoms with Crippen LogP contribution in [0.3, 0.4) is 0 Å². The summed E-state index contributed by atoms with van der Waals surface area (Å²) in [5.41, 5.74) is 1.59. The molecule has 0 bridgehead atoms. The highest BCUT2D eigenvalue weighted by molar-refractivity contribution is 6.07. The van der Waals surface area contributed by atoms with Gasteiger partial charge in [-0.2, -0.15) is 0 Å². The fraction of sp³-hybridized carbons (Fsp3) is 0.333. The smallest absolute Gasteiger partial charge is 0.255 e. The maximum absolute atomic E-state index is 12.7. The van der Waals surface area contributed by atoms with Gasteiger partial charge in [-0.25, -0.2) is 0 Å². The lowest BCUT2D eigenvalue weighted by molar-refractivity contribution is -0.129. The number of likely N-dealkylation sites (N-methyl/N-ethyl adjacent to an activating group) is 1. The van der Waals surface area contributed by atoms with Gasteiger partial charge in [0.05, 0.1) is 0 Å². The standard InChI is InChI=1S/C15H17N3O2/c1-17-8-3-9-18(10-14(17)19)15(20)12-4-2-5-13-11(12)6-7-16-13/h2,4-7,16H,3,8-10H2,1H3. The normalized spacial score (nSPS) is 16.6. The molecule has 0 radical (unpaired) electrons. The van der Waals surface area contributed by atoms with Crippen molar-refractivity contribution in [3.05, 3.63) is 36.0 Å². The number of hydrogen-bond donors (Lipinski definition) is 1. The quantitative estimate of drug-likeness (QED) is 0.854. The fourth-order valence-corrected chi connectivity index (χ4v) is 2.60. The predicted octanol–water partition coefficient (Wildman–Crippen LogP) is 1.47. The summed E-state index contributed by atoms with van der Waals surface area (Å²) in [5.74, 6) is -0.0732. The van der Waals surface area contributed by atoms with Crippen LogP contribution < -0.4 is 0 Å². The van der Waals surface area contributed by atoms with Gasteiger partial charge >= 0.3 is 0 Å². The molecule has 20 heavy (non-hydrogen) atoms.